The van der Waals surface area contributed by atoms with Crippen molar-refractivity contribution in [1.82, 2.24) is 40.6 Å². The van der Waals surface area contributed by atoms with Crippen molar-refractivity contribution < 1.29 is 46.7 Å². The molecular formula is C52H70N10O11S. The molecule has 0 bridgehead atoms. The lowest BCUT2D eigenvalue weighted by Crippen LogP contribution is -2.40. The Morgan fingerprint density at radius 3 is 2.30 bits per heavy atom. The number of ether oxygens (including phenoxy) is 2. The second-order valence-corrected chi connectivity index (χ2v) is 22.1. The smallest absolute Gasteiger partial charge is 0.407 e. The standard InChI is InChI=1S/C52H70N10O11S/c1-52(2,3)73-51(69)56-22-21-55-48(66)43-27-37-39(29-60(5)50(68)46(37)58-43)36-26-42(59-74(6,70)71)38(28-44(36)72-34-12-8-7-9-13-34)47(65)54-20-11-23-61-24-18-32(19-25-61)57-41-15-10-14-35-40(41)30-62(49(35)67)33(31-63)16-17-45(64)53-4/h10,14-15,26-29,31-34,57-59H,7-9,11-13,16-25,30H2,1-6H3,(H,53,64)(H,54,65)(H,55,66)(H,56,69). The van der Waals surface area contributed by atoms with Crippen LogP contribution in [0.25, 0.3) is 22.0 Å². The predicted octanol–water partition coefficient (Wildman–Crippen LogP) is 4.62. The summed E-state index contributed by atoms with van der Waals surface area (Å²) in [6.45, 7) is 8.24. The summed E-state index contributed by atoms with van der Waals surface area (Å²) in [5, 5.41) is 14.9. The van der Waals surface area contributed by atoms with Crippen molar-refractivity contribution in [2.24, 2.45) is 7.05 Å². The number of rotatable bonds is 21. The number of aromatic nitrogens is 2. The van der Waals surface area contributed by atoms with Gasteiger partial charge in [0.15, 0.2) is 0 Å². The molecule has 1 atom stereocenters. The normalized spacial score (nSPS) is 16.0. The summed E-state index contributed by atoms with van der Waals surface area (Å²) in [7, 11) is -0.821. The summed E-state index contributed by atoms with van der Waals surface area (Å²) in [4.78, 5) is 97.2. The lowest BCUT2D eigenvalue weighted by atomic mass is 9.96. The number of piperidine rings is 1. The Labute approximate surface area is 431 Å². The van der Waals surface area contributed by atoms with Crippen LogP contribution in [-0.4, -0.2) is 140 Å². The third kappa shape index (κ3) is 14.0. The molecule has 7 rings (SSSR count). The lowest BCUT2D eigenvalue weighted by Gasteiger charge is -2.33. The second kappa shape index (κ2) is 23.9. The number of hydrogen-bond donors (Lipinski definition) is 7. The average molecular weight is 1040 g/mol. The molecule has 0 radical (unpaired) electrons. The number of hydrogen-bond acceptors (Lipinski definition) is 13. The number of nitrogens with zero attached hydrogens (tertiary/aromatic N) is 3. The van der Waals surface area contributed by atoms with Gasteiger partial charge in [-0.1, -0.05) is 12.5 Å². The Kier molecular flexibility index (Phi) is 17.7. The fourth-order valence-corrected chi connectivity index (χ4v) is 10.3. The number of pyridine rings is 1. The molecule has 2 aromatic carbocycles. The zero-order valence-corrected chi connectivity index (χ0v) is 43.9. The summed E-state index contributed by atoms with van der Waals surface area (Å²) in [5.74, 6) is -1.15. The Morgan fingerprint density at radius 2 is 1.61 bits per heavy atom. The maximum absolute atomic E-state index is 14.1. The summed E-state index contributed by atoms with van der Waals surface area (Å²) in [6.07, 6.45) is 9.67. The molecule has 4 aromatic rings. The molecule has 1 aliphatic carbocycles. The van der Waals surface area contributed by atoms with Crippen molar-refractivity contribution in [2.45, 2.75) is 115 Å². The van der Waals surface area contributed by atoms with Crippen LogP contribution in [0.2, 0.25) is 0 Å². The summed E-state index contributed by atoms with van der Waals surface area (Å²) < 4.78 is 41.6. The van der Waals surface area contributed by atoms with Gasteiger partial charge >= 0.3 is 6.09 Å². The number of amides is 5. The van der Waals surface area contributed by atoms with E-state index in [0.29, 0.717) is 47.3 Å². The molecule has 1 saturated carbocycles. The predicted molar refractivity (Wildman–Crippen MR) is 281 cm³/mol. The average Bonchev–Trinajstić information content (AvgIpc) is 3.96. The van der Waals surface area contributed by atoms with Crippen molar-refractivity contribution in [1.29, 1.82) is 0 Å². The molecule has 2 aliphatic heterocycles. The molecule has 3 aliphatic rings. The van der Waals surface area contributed by atoms with Gasteiger partial charge < -0.3 is 60.2 Å². The van der Waals surface area contributed by atoms with E-state index in [1.54, 1.807) is 46.1 Å². The van der Waals surface area contributed by atoms with Gasteiger partial charge in [-0.2, -0.15) is 0 Å². The molecule has 7 N–H and O–H groups in total. The molecule has 22 heteroatoms. The molecule has 0 spiro atoms. The number of carbonyl (C=O) groups excluding carboxylic acids is 6. The Bertz CT molecular complexity index is 2920. The maximum atomic E-state index is 14.1. The highest BCUT2D eigenvalue weighted by atomic mass is 32.2. The Balaban J connectivity index is 1.02. The number of anilines is 2. The minimum Gasteiger partial charge on any atom is -0.490 e. The fraction of sp³-hybridized carbons (Fsp3) is 0.519. The third-order valence-corrected chi connectivity index (χ3v) is 14.1. The number of nitrogens with one attached hydrogen (secondary N) is 7. The largest absolute Gasteiger partial charge is 0.490 e. The van der Waals surface area contributed by atoms with Crippen molar-refractivity contribution in [3.05, 3.63) is 75.3 Å². The van der Waals surface area contributed by atoms with E-state index in [2.05, 4.69) is 41.2 Å². The minimum absolute atomic E-state index is 0.00395. The van der Waals surface area contributed by atoms with Crippen molar-refractivity contribution >= 4 is 68.3 Å². The molecule has 400 valence electrons. The van der Waals surface area contributed by atoms with Gasteiger partial charge in [0.05, 0.1) is 29.7 Å². The number of aryl methyl sites for hydroxylation is 1. The topological polar surface area (TPSA) is 271 Å². The van der Waals surface area contributed by atoms with Crippen LogP contribution in [0.15, 0.2) is 47.4 Å². The van der Waals surface area contributed by atoms with E-state index in [1.165, 1.54) is 28.6 Å². The van der Waals surface area contributed by atoms with Gasteiger partial charge in [0.2, 0.25) is 15.9 Å². The minimum atomic E-state index is -3.92. The number of aromatic amines is 1. The SMILES string of the molecule is CNC(=O)CCC(C=O)N1Cc2c(NC3CCN(CCCNC(=O)c4cc(OC5CCCCC5)c(-c5cn(C)c(=O)c6[nH]c(C(=O)NCCNC(=O)OC(C)(C)C)cc56)cc4NS(C)(=O)=O)CC3)cccc2C1=O. The van der Waals surface area contributed by atoms with Gasteiger partial charge in [-0.3, -0.25) is 28.7 Å². The Morgan fingerprint density at radius 1 is 0.892 bits per heavy atom. The number of likely N-dealkylation sites (tertiary alicyclic amines) is 1. The van der Waals surface area contributed by atoms with Crippen molar-refractivity contribution in [2.75, 3.05) is 62.6 Å². The highest BCUT2D eigenvalue weighted by Gasteiger charge is 2.35. The van der Waals surface area contributed by atoms with Crippen LogP contribution in [0, 0.1) is 0 Å². The number of alkyl carbamates (subject to hydrolysis) is 1. The molecule has 5 amide bonds. The van der Waals surface area contributed by atoms with Crippen LogP contribution in [0.4, 0.5) is 16.2 Å². The van der Waals surface area contributed by atoms with Gasteiger partial charge in [-0.15, -0.1) is 0 Å². The first-order valence-corrected chi connectivity index (χ1v) is 27.3. The van der Waals surface area contributed by atoms with E-state index < -0.39 is 45.1 Å². The lowest BCUT2D eigenvalue weighted by molar-refractivity contribution is -0.121. The van der Waals surface area contributed by atoms with Gasteiger partial charge in [0.25, 0.3) is 23.3 Å². The quantitative estimate of drug-likeness (QED) is 0.0444. The van der Waals surface area contributed by atoms with E-state index in [1.807, 2.05) is 12.1 Å². The number of sulfonamides is 1. The zero-order valence-electron chi connectivity index (χ0n) is 43.1. The van der Waals surface area contributed by atoms with Gasteiger partial charge in [0, 0.05) is 105 Å². The summed E-state index contributed by atoms with van der Waals surface area (Å²) >= 11 is 0. The molecule has 2 fully saturated rings. The van der Waals surface area contributed by atoms with Gasteiger partial charge in [0.1, 0.15) is 28.8 Å². The molecule has 1 unspecified atom stereocenters. The van der Waals surface area contributed by atoms with Gasteiger partial charge in [-0.25, -0.2) is 13.2 Å². The first kappa shape index (κ1) is 54.8. The number of H-pyrrole nitrogens is 1. The van der Waals surface area contributed by atoms with E-state index >= 15 is 0 Å². The van der Waals surface area contributed by atoms with Crippen molar-refractivity contribution in [3.63, 3.8) is 0 Å². The second-order valence-electron chi connectivity index (χ2n) is 20.3. The number of aldehydes is 1. The molecule has 74 heavy (non-hydrogen) atoms. The zero-order chi connectivity index (χ0) is 53.3. The van der Waals surface area contributed by atoms with Crippen LogP contribution in [0.3, 0.4) is 0 Å². The molecule has 21 nitrogen and oxygen atoms in total. The van der Waals surface area contributed by atoms with E-state index in [4.69, 9.17) is 9.47 Å². The van der Waals surface area contributed by atoms with Crippen LogP contribution in [0.1, 0.15) is 122 Å². The van der Waals surface area contributed by atoms with Crippen molar-refractivity contribution in [3.8, 4) is 16.9 Å². The maximum Gasteiger partial charge on any atom is 0.407 e. The highest BCUT2D eigenvalue weighted by molar-refractivity contribution is 7.92. The highest BCUT2D eigenvalue weighted by Crippen LogP contribution is 2.41. The molecule has 4 heterocycles. The summed E-state index contributed by atoms with van der Waals surface area (Å²) in [6, 6.07) is 9.60. The van der Waals surface area contributed by atoms with Gasteiger partial charge in [-0.05, 0) is 109 Å². The third-order valence-electron chi connectivity index (χ3n) is 13.5. The summed E-state index contributed by atoms with van der Waals surface area (Å²) in [5.41, 5.74) is 2.24. The number of carbonyl (C=O) groups is 6. The number of benzene rings is 2. The molecule has 2 aromatic heterocycles. The number of fused-ring (bicyclic) bond motifs is 2. The fourth-order valence-electron chi connectivity index (χ4n) is 9.72. The van der Waals surface area contributed by atoms with E-state index in [0.717, 1.165) is 81.8 Å². The van der Waals surface area contributed by atoms with Crippen LogP contribution in [-0.2, 0) is 37.9 Å². The van der Waals surface area contributed by atoms with E-state index in [9.17, 15) is 42.0 Å². The van der Waals surface area contributed by atoms with Crippen LogP contribution >= 0.6 is 0 Å². The molecular weight excluding hydrogens is 973 g/mol. The van der Waals surface area contributed by atoms with Crippen LogP contribution < -0.4 is 41.6 Å². The molecule has 1 saturated heterocycles. The monoisotopic (exact) mass is 1040 g/mol. The first-order chi connectivity index (χ1) is 35.2. The first-order valence-electron chi connectivity index (χ1n) is 25.4. The Hall–Kier alpha value is -6.94. The van der Waals surface area contributed by atoms with Crippen LogP contribution in [0.5, 0.6) is 5.75 Å². The van der Waals surface area contributed by atoms with E-state index in [-0.39, 0.29) is 78.9 Å².